The molecule has 2 N–H and O–H groups in total. The molecule has 0 atom stereocenters. The Hall–Kier alpha value is -3.14. The number of aliphatic imine (C=N–C) groups is 1. The molecule has 0 aliphatic rings. The van der Waals surface area contributed by atoms with Crippen molar-refractivity contribution in [3.05, 3.63) is 78.4 Å². The predicted octanol–water partition coefficient (Wildman–Crippen LogP) is 4.98. The van der Waals surface area contributed by atoms with Gasteiger partial charge in [0.1, 0.15) is 5.01 Å². The van der Waals surface area contributed by atoms with Crippen LogP contribution in [-0.4, -0.2) is 24.9 Å². The molecule has 0 aliphatic carbocycles. The first kappa shape index (κ1) is 21.1. The van der Waals surface area contributed by atoms with Gasteiger partial charge in [-0.3, -0.25) is 4.72 Å². The topological polar surface area (TPSA) is 83.5 Å². The maximum absolute atomic E-state index is 12.3. The summed E-state index contributed by atoms with van der Waals surface area (Å²) in [6, 6.07) is 22.2. The number of hydrogen-bond donors (Lipinski definition) is 2. The fourth-order valence-electron chi connectivity index (χ4n) is 2.79. The summed E-state index contributed by atoms with van der Waals surface area (Å²) in [5.41, 5.74) is 3.76. The molecule has 0 amide bonds. The number of para-hydroxylation sites is 1. The molecule has 0 radical (unpaired) electrons. The van der Waals surface area contributed by atoms with Gasteiger partial charge in [0.05, 0.1) is 21.5 Å². The number of anilines is 1. The highest BCUT2D eigenvalue weighted by atomic mass is 32.2. The van der Waals surface area contributed by atoms with E-state index >= 15 is 0 Å². The van der Waals surface area contributed by atoms with Crippen LogP contribution in [0, 0.1) is 6.92 Å². The van der Waals surface area contributed by atoms with E-state index in [-0.39, 0.29) is 10.0 Å². The van der Waals surface area contributed by atoms with Crippen LogP contribution >= 0.6 is 23.6 Å². The molecule has 3 aromatic carbocycles. The second-order valence-corrected chi connectivity index (χ2v) is 9.79. The van der Waals surface area contributed by atoms with Crippen molar-refractivity contribution in [3.63, 3.8) is 0 Å². The normalized spacial score (nSPS) is 11.6. The lowest BCUT2D eigenvalue weighted by molar-refractivity contribution is 0.592. The lowest BCUT2D eigenvalue weighted by atomic mass is 10.2. The number of thiocarbonyl (C=S) groups is 1. The molecule has 1 heterocycles. The molecule has 0 saturated carbocycles. The molecule has 4 aromatic rings. The van der Waals surface area contributed by atoms with E-state index in [0.29, 0.717) is 0 Å². The molecule has 0 unspecified atom stereocenters. The zero-order valence-electron chi connectivity index (χ0n) is 16.4. The van der Waals surface area contributed by atoms with E-state index in [1.54, 1.807) is 23.5 Å². The number of aryl methyl sites for hydroxylation is 1. The summed E-state index contributed by atoms with van der Waals surface area (Å²) in [4.78, 5) is 8.74. The fraction of sp³-hybridized carbons (Fsp3) is 0.0455. The van der Waals surface area contributed by atoms with Gasteiger partial charge in [-0.25, -0.2) is 18.4 Å². The average Bonchev–Trinajstić information content (AvgIpc) is 3.18. The standard InChI is InChI=1S/C22H18N4O2S3/c1-15-6-12-18(13-7-15)31(27,28)26-22(29)24-14-23-17-10-8-16(9-11-17)21-25-19-4-2-3-5-20(19)30-21/h2-14H,1H3,(H2,23,24,26,29). The molecule has 0 fully saturated rings. The quantitative estimate of drug-likeness (QED) is 0.246. The van der Waals surface area contributed by atoms with Gasteiger partial charge < -0.3 is 5.32 Å². The highest BCUT2D eigenvalue weighted by Crippen LogP contribution is 2.30. The molecule has 9 heteroatoms. The van der Waals surface area contributed by atoms with Crippen molar-refractivity contribution in [3.8, 4) is 10.6 Å². The molecular formula is C22H18N4O2S3. The zero-order chi connectivity index (χ0) is 21.8. The highest BCUT2D eigenvalue weighted by molar-refractivity contribution is 7.91. The number of hydrogen-bond acceptors (Lipinski definition) is 5. The molecule has 0 aliphatic heterocycles. The molecule has 0 saturated heterocycles. The maximum Gasteiger partial charge on any atom is 0.263 e. The Morgan fingerprint density at radius 2 is 1.74 bits per heavy atom. The van der Waals surface area contributed by atoms with Crippen molar-refractivity contribution in [1.82, 2.24) is 9.71 Å². The smallest absolute Gasteiger partial charge is 0.263 e. The second-order valence-electron chi connectivity index (χ2n) is 6.69. The van der Waals surface area contributed by atoms with Gasteiger partial charge >= 0.3 is 0 Å². The van der Waals surface area contributed by atoms with Crippen molar-refractivity contribution >= 4 is 60.9 Å². The van der Waals surface area contributed by atoms with Crippen LogP contribution < -0.4 is 10.0 Å². The van der Waals surface area contributed by atoms with Crippen LogP contribution in [0.2, 0.25) is 0 Å². The molecular weight excluding hydrogens is 448 g/mol. The van der Waals surface area contributed by atoms with Gasteiger partial charge in [0.2, 0.25) is 5.11 Å². The minimum Gasteiger partial charge on any atom is -0.346 e. The molecule has 1 aromatic heterocycles. The number of nitrogens with zero attached hydrogens (tertiary/aromatic N) is 2. The van der Waals surface area contributed by atoms with Gasteiger partial charge in [0.15, 0.2) is 0 Å². The van der Waals surface area contributed by atoms with Gasteiger partial charge in [0, 0.05) is 11.3 Å². The van der Waals surface area contributed by atoms with Crippen LogP contribution in [0.4, 0.5) is 5.69 Å². The van der Waals surface area contributed by atoms with Crippen molar-refractivity contribution in [2.24, 2.45) is 4.99 Å². The minimum absolute atomic E-state index is 0.133. The summed E-state index contributed by atoms with van der Waals surface area (Å²) >= 11 is 6.67. The molecule has 6 nitrogen and oxygen atoms in total. The van der Waals surface area contributed by atoms with E-state index in [1.807, 2.05) is 49.4 Å². The predicted molar refractivity (Wildman–Crippen MR) is 131 cm³/mol. The lowest BCUT2D eigenvalue weighted by Crippen LogP contribution is -2.28. The van der Waals surface area contributed by atoms with Gasteiger partial charge in [-0.1, -0.05) is 29.8 Å². The van der Waals surface area contributed by atoms with Crippen molar-refractivity contribution in [2.75, 3.05) is 5.32 Å². The number of thiazole rings is 1. The molecule has 156 valence electrons. The van der Waals surface area contributed by atoms with E-state index in [1.165, 1.54) is 18.5 Å². The first-order valence-corrected chi connectivity index (χ1v) is 12.0. The van der Waals surface area contributed by atoms with Crippen molar-refractivity contribution < 1.29 is 8.42 Å². The second kappa shape index (κ2) is 8.93. The van der Waals surface area contributed by atoms with E-state index in [9.17, 15) is 8.42 Å². The summed E-state index contributed by atoms with van der Waals surface area (Å²) in [5.74, 6) is 0. The Bertz CT molecular complexity index is 1330. The van der Waals surface area contributed by atoms with Gasteiger partial charge in [-0.05, 0) is 67.7 Å². The molecule has 31 heavy (non-hydrogen) atoms. The number of sulfonamides is 1. The van der Waals surface area contributed by atoms with Crippen LogP contribution in [-0.2, 0) is 10.0 Å². The monoisotopic (exact) mass is 466 g/mol. The third-order valence-electron chi connectivity index (χ3n) is 4.39. The van der Waals surface area contributed by atoms with Crippen LogP contribution in [0.25, 0.3) is 20.8 Å². The average molecular weight is 467 g/mol. The number of nitrogens with one attached hydrogen (secondary N) is 2. The Morgan fingerprint density at radius 3 is 2.45 bits per heavy atom. The number of benzene rings is 3. The molecule has 4 rings (SSSR count). The largest absolute Gasteiger partial charge is 0.346 e. The van der Waals surface area contributed by atoms with E-state index in [2.05, 4.69) is 26.1 Å². The Morgan fingerprint density at radius 1 is 1.03 bits per heavy atom. The fourth-order valence-corrected chi connectivity index (χ4v) is 5.04. The van der Waals surface area contributed by atoms with Gasteiger partial charge in [-0.15, -0.1) is 11.3 Å². The first-order chi connectivity index (χ1) is 14.9. The summed E-state index contributed by atoms with van der Waals surface area (Å²) in [5, 5.41) is 3.78. The Labute approximate surface area is 189 Å². The van der Waals surface area contributed by atoms with Gasteiger partial charge in [-0.2, -0.15) is 0 Å². The summed E-state index contributed by atoms with van der Waals surface area (Å²) in [6.07, 6.45) is 1.35. The number of aromatic nitrogens is 1. The number of fused-ring (bicyclic) bond motifs is 1. The van der Waals surface area contributed by atoms with Crippen molar-refractivity contribution in [1.29, 1.82) is 0 Å². The summed E-state index contributed by atoms with van der Waals surface area (Å²) in [7, 11) is -3.76. The van der Waals surface area contributed by atoms with E-state index in [0.717, 1.165) is 32.0 Å². The first-order valence-electron chi connectivity index (χ1n) is 9.29. The summed E-state index contributed by atoms with van der Waals surface area (Å²) < 4.78 is 28.1. The van der Waals surface area contributed by atoms with E-state index in [4.69, 9.17) is 12.2 Å². The van der Waals surface area contributed by atoms with E-state index < -0.39 is 10.0 Å². The minimum atomic E-state index is -3.76. The lowest BCUT2D eigenvalue weighted by Gasteiger charge is -2.06. The van der Waals surface area contributed by atoms with Crippen molar-refractivity contribution in [2.45, 2.75) is 11.8 Å². The molecule has 0 bridgehead atoms. The maximum atomic E-state index is 12.3. The third kappa shape index (κ3) is 5.13. The third-order valence-corrected chi connectivity index (χ3v) is 7.17. The van der Waals surface area contributed by atoms with Crippen LogP contribution in [0.1, 0.15) is 5.56 Å². The Balaban J connectivity index is 1.37. The highest BCUT2D eigenvalue weighted by Gasteiger charge is 2.14. The Kier molecular flexibility index (Phi) is 6.08. The van der Waals surface area contributed by atoms with Gasteiger partial charge in [0.25, 0.3) is 10.0 Å². The summed E-state index contributed by atoms with van der Waals surface area (Å²) in [6.45, 7) is 1.88. The van der Waals surface area contributed by atoms with Crippen LogP contribution in [0.5, 0.6) is 0 Å². The van der Waals surface area contributed by atoms with Crippen LogP contribution in [0.3, 0.4) is 0 Å². The van der Waals surface area contributed by atoms with Crippen LogP contribution in [0.15, 0.2) is 82.7 Å². The number of rotatable bonds is 5. The zero-order valence-corrected chi connectivity index (χ0v) is 18.9. The SMILES string of the molecule is Cc1ccc(S(=O)(=O)NC(=S)/N=C\Nc2ccc(-c3nc4ccccc4s3)cc2)cc1. The molecule has 0 spiro atoms.